The van der Waals surface area contributed by atoms with Crippen molar-refractivity contribution in [3.63, 3.8) is 0 Å². The van der Waals surface area contributed by atoms with Crippen LogP contribution >= 0.6 is 0 Å². The summed E-state index contributed by atoms with van der Waals surface area (Å²) in [5.74, 6) is 0.731. The summed E-state index contributed by atoms with van der Waals surface area (Å²) in [5, 5.41) is 5.92. The van der Waals surface area contributed by atoms with Crippen molar-refractivity contribution in [2.75, 3.05) is 7.11 Å². The molecule has 1 aromatic carbocycles. The van der Waals surface area contributed by atoms with E-state index in [4.69, 9.17) is 4.74 Å². The summed E-state index contributed by atoms with van der Waals surface area (Å²) < 4.78 is 5.12. The predicted molar refractivity (Wildman–Crippen MR) is 62.2 cm³/mol. The highest BCUT2D eigenvalue weighted by Gasteiger charge is 2.07. The molecule has 0 amide bonds. The van der Waals surface area contributed by atoms with Crippen molar-refractivity contribution in [2.24, 2.45) is 0 Å². The van der Waals surface area contributed by atoms with Gasteiger partial charge in [0.15, 0.2) is 5.69 Å². The molecule has 6 nitrogen and oxygen atoms in total. The fraction of sp³-hybridized carbons (Fsp3) is 0.182. The molecule has 0 radical (unpaired) electrons. The van der Waals surface area contributed by atoms with Crippen LogP contribution in [0.2, 0.25) is 0 Å². The molecule has 2 N–H and O–H groups in total. The van der Waals surface area contributed by atoms with E-state index in [-0.39, 0.29) is 5.69 Å². The number of hydrogen-bond acceptors (Lipinski definition) is 4. The van der Waals surface area contributed by atoms with E-state index in [2.05, 4.69) is 15.2 Å². The molecule has 0 spiro atoms. The topological polar surface area (TPSA) is 87.8 Å². The van der Waals surface area contributed by atoms with Gasteiger partial charge >= 0.3 is 5.69 Å². The van der Waals surface area contributed by atoms with E-state index in [1.165, 1.54) is 0 Å². The van der Waals surface area contributed by atoms with Gasteiger partial charge in [-0.25, -0.2) is 9.89 Å². The lowest BCUT2D eigenvalue weighted by atomic mass is 10.1. The third-order valence-corrected chi connectivity index (χ3v) is 2.38. The Hall–Kier alpha value is -2.37. The van der Waals surface area contributed by atoms with E-state index in [1.54, 1.807) is 25.3 Å². The molecule has 2 rings (SSSR count). The van der Waals surface area contributed by atoms with E-state index in [1.807, 2.05) is 6.92 Å². The molecular formula is C11H11N3O3. The molecule has 2 aromatic rings. The first-order valence-corrected chi connectivity index (χ1v) is 4.96. The predicted octanol–water partition coefficient (Wildman–Crippen LogP) is 0.442. The summed E-state index contributed by atoms with van der Waals surface area (Å²) in [7, 11) is 1.58. The van der Waals surface area contributed by atoms with Crippen LogP contribution in [0.5, 0.6) is 5.75 Å². The monoisotopic (exact) mass is 233 g/mol. The number of nitrogens with zero attached hydrogens (tertiary/aromatic N) is 1. The fourth-order valence-corrected chi connectivity index (χ4v) is 1.57. The first-order valence-electron chi connectivity index (χ1n) is 4.96. The minimum atomic E-state index is -0.621. The maximum atomic E-state index is 11.5. The molecule has 0 atom stereocenters. The van der Waals surface area contributed by atoms with Crippen LogP contribution in [-0.4, -0.2) is 22.3 Å². The molecule has 17 heavy (non-hydrogen) atoms. The van der Waals surface area contributed by atoms with Crippen molar-refractivity contribution in [3.05, 3.63) is 44.6 Å². The van der Waals surface area contributed by atoms with Crippen LogP contribution in [0.1, 0.15) is 5.56 Å². The summed E-state index contributed by atoms with van der Waals surface area (Å²) in [4.78, 5) is 24.5. The van der Waals surface area contributed by atoms with Gasteiger partial charge in [0.25, 0.3) is 5.56 Å². The van der Waals surface area contributed by atoms with Crippen LogP contribution in [0.4, 0.5) is 0 Å². The molecule has 0 aliphatic heterocycles. The molecule has 0 saturated heterocycles. The average Bonchev–Trinajstić information content (AvgIpc) is 2.29. The molecular weight excluding hydrogens is 222 g/mol. The van der Waals surface area contributed by atoms with Gasteiger partial charge in [-0.3, -0.25) is 9.78 Å². The van der Waals surface area contributed by atoms with Gasteiger partial charge in [-0.05, 0) is 30.7 Å². The molecule has 0 aliphatic rings. The Morgan fingerprint density at radius 3 is 2.65 bits per heavy atom. The molecule has 88 valence electrons. The van der Waals surface area contributed by atoms with Gasteiger partial charge in [0.2, 0.25) is 0 Å². The van der Waals surface area contributed by atoms with E-state index < -0.39 is 11.2 Å². The summed E-state index contributed by atoms with van der Waals surface area (Å²) in [6.07, 6.45) is 0. The second kappa shape index (κ2) is 4.25. The maximum absolute atomic E-state index is 11.5. The standard InChI is InChI=1S/C11H11N3O3/c1-6-5-7(3-4-8(6)17-2)9-10(15)12-11(16)14-13-9/h3-5H,1-2H3,(H2,12,14,15,16). The van der Waals surface area contributed by atoms with Crippen LogP contribution in [0, 0.1) is 6.92 Å². The van der Waals surface area contributed by atoms with Gasteiger partial charge in [0, 0.05) is 5.56 Å². The minimum Gasteiger partial charge on any atom is -0.496 e. The number of nitrogens with one attached hydrogen (secondary N) is 2. The normalized spacial score (nSPS) is 10.2. The SMILES string of the molecule is COc1ccc(-c2n[nH]c(=O)[nH]c2=O)cc1C. The number of aromatic nitrogens is 3. The van der Waals surface area contributed by atoms with Gasteiger partial charge in [-0.1, -0.05) is 0 Å². The highest BCUT2D eigenvalue weighted by molar-refractivity contribution is 5.60. The number of benzene rings is 1. The third-order valence-electron chi connectivity index (χ3n) is 2.38. The van der Waals surface area contributed by atoms with Gasteiger partial charge in [-0.2, -0.15) is 5.10 Å². The largest absolute Gasteiger partial charge is 0.496 e. The van der Waals surface area contributed by atoms with Gasteiger partial charge < -0.3 is 4.74 Å². The highest BCUT2D eigenvalue weighted by atomic mass is 16.5. The second-order valence-corrected chi connectivity index (χ2v) is 3.54. The van der Waals surface area contributed by atoms with E-state index in [0.29, 0.717) is 5.56 Å². The molecule has 6 heteroatoms. The molecule has 0 saturated carbocycles. The van der Waals surface area contributed by atoms with E-state index in [9.17, 15) is 9.59 Å². The lowest BCUT2D eigenvalue weighted by Gasteiger charge is -2.05. The van der Waals surface area contributed by atoms with Crippen molar-refractivity contribution in [3.8, 4) is 17.0 Å². The number of aryl methyl sites for hydroxylation is 1. The highest BCUT2D eigenvalue weighted by Crippen LogP contribution is 2.22. The maximum Gasteiger partial charge on any atom is 0.342 e. The second-order valence-electron chi connectivity index (χ2n) is 3.54. The Labute approximate surface area is 96.3 Å². The molecule has 1 heterocycles. The number of ether oxygens (including phenoxy) is 1. The number of H-pyrrole nitrogens is 2. The zero-order valence-corrected chi connectivity index (χ0v) is 9.40. The lowest BCUT2D eigenvalue weighted by Crippen LogP contribution is -2.25. The fourth-order valence-electron chi connectivity index (χ4n) is 1.57. The number of rotatable bonds is 2. The zero-order chi connectivity index (χ0) is 12.4. The van der Waals surface area contributed by atoms with Crippen molar-refractivity contribution < 1.29 is 4.74 Å². The van der Waals surface area contributed by atoms with Crippen molar-refractivity contribution in [2.45, 2.75) is 6.92 Å². The van der Waals surface area contributed by atoms with Crippen molar-refractivity contribution >= 4 is 0 Å². The summed E-state index contributed by atoms with van der Waals surface area (Å²) in [6, 6.07) is 5.23. The molecule has 0 fully saturated rings. The Kier molecular flexibility index (Phi) is 2.78. The summed E-state index contributed by atoms with van der Waals surface area (Å²) in [6.45, 7) is 1.86. The Balaban J connectivity index is 2.57. The van der Waals surface area contributed by atoms with Crippen LogP contribution in [0.15, 0.2) is 27.8 Å². The Morgan fingerprint density at radius 1 is 1.29 bits per heavy atom. The zero-order valence-electron chi connectivity index (χ0n) is 9.40. The number of methoxy groups -OCH3 is 1. The molecule has 0 bridgehead atoms. The van der Waals surface area contributed by atoms with Crippen LogP contribution < -0.4 is 16.0 Å². The Bertz CT molecular complexity index is 657. The van der Waals surface area contributed by atoms with Crippen molar-refractivity contribution in [1.82, 2.24) is 15.2 Å². The summed E-state index contributed by atoms with van der Waals surface area (Å²) >= 11 is 0. The smallest absolute Gasteiger partial charge is 0.342 e. The first-order chi connectivity index (χ1) is 8.11. The van der Waals surface area contributed by atoms with Crippen LogP contribution in [-0.2, 0) is 0 Å². The summed E-state index contributed by atoms with van der Waals surface area (Å²) in [5.41, 5.74) is 0.552. The van der Waals surface area contributed by atoms with E-state index >= 15 is 0 Å². The lowest BCUT2D eigenvalue weighted by molar-refractivity contribution is 0.412. The minimum absolute atomic E-state index is 0.176. The van der Waals surface area contributed by atoms with Crippen molar-refractivity contribution in [1.29, 1.82) is 0 Å². The molecule has 1 aromatic heterocycles. The molecule has 0 aliphatic carbocycles. The third kappa shape index (κ3) is 2.10. The van der Waals surface area contributed by atoms with Gasteiger partial charge in [-0.15, -0.1) is 0 Å². The number of aromatic amines is 2. The first kappa shape index (κ1) is 11.1. The van der Waals surface area contributed by atoms with Crippen LogP contribution in [0.3, 0.4) is 0 Å². The average molecular weight is 233 g/mol. The quantitative estimate of drug-likeness (QED) is 0.787. The molecule has 0 unspecified atom stereocenters. The number of hydrogen-bond donors (Lipinski definition) is 2. The van der Waals surface area contributed by atoms with Gasteiger partial charge in [0.1, 0.15) is 5.75 Å². The Morgan fingerprint density at radius 2 is 2.06 bits per heavy atom. The van der Waals surface area contributed by atoms with Crippen LogP contribution in [0.25, 0.3) is 11.3 Å². The van der Waals surface area contributed by atoms with Gasteiger partial charge in [0.05, 0.1) is 7.11 Å². The van der Waals surface area contributed by atoms with E-state index in [0.717, 1.165) is 11.3 Å².